The van der Waals surface area contributed by atoms with Gasteiger partial charge < -0.3 is 9.84 Å². The van der Waals surface area contributed by atoms with Crippen LogP contribution in [0.5, 0.6) is 0 Å². The van der Waals surface area contributed by atoms with Crippen LogP contribution in [0.1, 0.15) is 23.0 Å². The topological polar surface area (TPSA) is 59.4 Å². The lowest BCUT2D eigenvalue weighted by Gasteiger charge is -2.00. The summed E-state index contributed by atoms with van der Waals surface area (Å²) in [5.74, 6) is -1.01. The molecule has 13 heavy (non-hydrogen) atoms. The first-order chi connectivity index (χ1) is 6.24. The second-order valence-corrected chi connectivity index (χ2v) is 2.49. The van der Waals surface area contributed by atoms with Crippen molar-refractivity contribution < 1.29 is 14.6 Å². The van der Waals surface area contributed by atoms with Crippen LogP contribution in [0.3, 0.4) is 0 Å². The molecule has 70 valence electrons. The van der Waals surface area contributed by atoms with E-state index in [1.165, 1.54) is 12.3 Å². The van der Waals surface area contributed by atoms with Crippen LogP contribution in [0.2, 0.25) is 0 Å². The van der Waals surface area contributed by atoms with Gasteiger partial charge in [0.2, 0.25) is 0 Å². The average Bonchev–Trinajstić information content (AvgIpc) is 2.15. The van der Waals surface area contributed by atoms with Crippen molar-refractivity contribution in [2.24, 2.45) is 0 Å². The maximum Gasteiger partial charge on any atom is 0.354 e. The van der Waals surface area contributed by atoms with E-state index in [9.17, 15) is 4.79 Å². The van der Waals surface area contributed by atoms with E-state index in [0.717, 1.165) is 5.56 Å². The highest BCUT2D eigenvalue weighted by Gasteiger charge is 2.02. The molecule has 0 amide bonds. The van der Waals surface area contributed by atoms with Gasteiger partial charge in [0.1, 0.15) is 5.69 Å². The lowest BCUT2D eigenvalue weighted by molar-refractivity contribution is 0.0690. The van der Waals surface area contributed by atoms with Crippen molar-refractivity contribution in [2.45, 2.75) is 13.5 Å². The fourth-order valence-electron chi connectivity index (χ4n) is 0.856. The molecule has 0 atom stereocenters. The van der Waals surface area contributed by atoms with Gasteiger partial charge in [-0.2, -0.15) is 0 Å². The zero-order valence-corrected chi connectivity index (χ0v) is 7.36. The first kappa shape index (κ1) is 9.67. The van der Waals surface area contributed by atoms with Crippen molar-refractivity contribution in [3.8, 4) is 0 Å². The summed E-state index contributed by atoms with van der Waals surface area (Å²) >= 11 is 0. The minimum absolute atomic E-state index is 0.0558. The molecule has 0 aliphatic heterocycles. The molecule has 1 heterocycles. The van der Waals surface area contributed by atoms with Gasteiger partial charge in [0.25, 0.3) is 0 Å². The van der Waals surface area contributed by atoms with Crippen molar-refractivity contribution in [2.75, 3.05) is 6.61 Å². The van der Waals surface area contributed by atoms with E-state index in [0.29, 0.717) is 13.2 Å². The maximum absolute atomic E-state index is 10.4. The van der Waals surface area contributed by atoms with Crippen LogP contribution < -0.4 is 0 Å². The lowest BCUT2D eigenvalue weighted by atomic mass is 10.2. The molecule has 0 aliphatic rings. The summed E-state index contributed by atoms with van der Waals surface area (Å²) in [5.41, 5.74) is 0.937. The van der Waals surface area contributed by atoms with Gasteiger partial charge in [-0.15, -0.1) is 0 Å². The SMILES string of the molecule is CCOCc1ccc(C(=O)O)nc1. The van der Waals surface area contributed by atoms with Gasteiger partial charge in [0.05, 0.1) is 6.61 Å². The van der Waals surface area contributed by atoms with Crippen molar-refractivity contribution in [3.63, 3.8) is 0 Å². The second-order valence-electron chi connectivity index (χ2n) is 2.49. The number of hydrogen-bond donors (Lipinski definition) is 1. The van der Waals surface area contributed by atoms with Gasteiger partial charge in [-0.25, -0.2) is 9.78 Å². The second kappa shape index (κ2) is 4.57. The predicted octanol–water partition coefficient (Wildman–Crippen LogP) is 1.32. The van der Waals surface area contributed by atoms with E-state index >= 15 is 0 Å². The molecular weight excluding hydrogens is 170 g/mol. The molecule has 0 radical (unpaired) electrons. The molecule has 0 bridgehead atoms. The summed E-state index contributed by atoms with van der Waals surface area (Å²) in [6.45, 7) is 3.02. The molecule has 1 aromatic heterocycles. The van der Waals surface area contributed by atoms with Crippen LogP contribution in [0.15, 0.2) is 18.3 Å². The third-order valence-corrected chi connectivity index (χ3v) is 1.52. The van der Waals surface area contributed by atoms with E-state index in [2.05, 4.69) is 4.98 Å². The highest BCUT2D eigenvalue weighted by atomic mass is 16.5. The Balaban J connectivity index is 2.64. The number of carboxylic acids is 1. The van der Waals surface area contributed by atoms with E-state index in [-0.39, 0.29) is 5.69 Å². The van der Waals surface area contributed by atoms with Gasteiger partial charge in [-0.05, 0) is 18.6 Å². The van der Waals surface area contributed by atoms with E-state index in [4.69, 9.17) is 9.84 Å². The van der Waals surface area contributed by atoms with Crippen molar-refractivity contribution in [1.29, 1.82) is 0 Å². The van der Waals surface area contributed by atoms with Crippen LogP contribution in [0.25, 0.3) is 0 Å². The predicted molar refractivity (Wildman–Crippen MR) is 46.5 cm³/mol. The van der Waals surface area contributed by atoms with Crippen molar-refractivity contribution in [1.82, 2.24) is 4.98 Å². The molecule has 0 saturated heterocycles. The number of carboxylic acid groups (broad SMARTS) is 1. The van der Waals surface area contributed by atoms with Gasteiger partial charge in [0.15, 0.2) is 0 Å². The Morgan fingerprint density at radius 1 is 1.62 bits per heavy atom. The molecule has 4 nitrogen and oxygen atoms in total. The number of rotatable bonds is 4. The zero-order chi connectivity index (χ0) is 9.68. The Morgan fingerprint density at radius 3 is 2.85 bits per heavy atom. The highest BCUT2D eigenvalue weighted by molar-refractivity contribution is 5.85. The minimum Gasteiger partial charge on any atom is -0.477 e. The van der Waals surface area contributed by atoms with Gasteiger partial charge >= 0.3 is 5.97 Å². The first-order valence-electron chi connectivity index (χ1n) is 4.00. The molecule has 0 unspecified atom stereocenters. The molecule has 0 aliphatic carbocycles. The number of aromatic nitrogens is 1. The summed E-state index contributed by atoms with van der Waals surface area (Å²) in [6, 6.07) is 3.17. The van der Waals surface area contributed by atoms with Crippen molar-refractivity contribution >= 4 is 5.97 Å². The van der Waals surface area contributed by atoms with Crippen molar-refractivity contribution in [3.05, 3.63) is 29.6 Å². The number of aromatic carboxylic acids is 1. The Labute approximate surface area is 76.2 Å². The number of hydrogen-bond acceptors (Lipinski definition) is 3. The minimum atomic E-state index is -1.01. The molecule has 1 rings (SSSR count). The number of carbonyl (C=O) groups is 1. The average molecular weight is 181 g/mol. The zero-order valence-electron chi connectivity index (χ0n) is 7.36. The molecule has 0 saturated carbocycles. The summed E-state index contributed by atoms with van der Waals surface area (Å²) in [5, 5.41) is 8.56. The molecule has 0 spiro atoms. The summed E-state index contributed by atoms with van der Waals surface area (Å²) in [7, 11) is 0. The molecule has 1 aromatic rings. The standard InChI is InChI=1S/C9H11NO3/c1-2-13-6-7-3-4-8(9(11)12)10-5-7/h3-5H,2,6H2,1H3,(H,11,12). The largest absolute Gasteiger partial charge is 0.477 e. The summed E-state index contributed by atoms with van der Waals surface area (Å²) < 4.78 is 5.13. The monoisotopic (exact) mass is 181 g/mol. The number of nitrogens with zero attached hydrogens (tertiary/aromatic N) is 1. The Morgan fingerprint density at radius 2 is 2.38 bits per heavy atom. The highest BCUT2D eigenvalue weighted by Crippen LogP contribution is 2.01. The van der Waals surface area contributed by atoms with Crippen LogP contribution in [-0.4, -0.2) is 22.7 Å². The fraction of sp³-hybridized carbons (Fsp3) is 0.333. The smallest absolute Gasteiger partial charge is 0.354 e. The Hall–Kier alpha value is -1.42. The Kier molecular flexibility index (Phi) is 3.40. The quantitative estimate of drug-likeness (QED) is 0.760. The maximum atomic E-state index is 10.4. The van der Waals surface area contributed by atoms with Crippen LogP contribution in [0, 0.1) is 0 Å². The van der Waals surface area contributed by atoms with E-state index < -0.39 is 5.97 Å². The van der Waals surface area contributed by atoms with Gasteiger partial charge in [0, 0.05) is 12.8 Å². The van der Waals surface area contributed by atoms with E-state index in [1.54, 1.807) is 6.07 Å². The first-order valence-corrected chi connectivity index (χ1v) is 4.00. The number of ether oxygens (including phenoxy) is 1. The number of pyridine rings is 1. The molecule has 0 aromatic carbocycles. The fourth-order valence-corrected chi connectivity index (χ4v) is 0.856. The Bertz CT molecular complexity index is 281. The normalized spacial score (nSPS) is 9.92. The van der Waals surface area contributed by atoms with E-state index in [1.807, 2.05) is 6.92 Å². The summed E-state index contributed by atoms with van der Waals surface area (Å²) in [6.07, 6.45) is 1.51. The molecule has 0 fully saturated rings. The van der Waals surface area contributed by atoms with Gasteiger partial charge in [-0.3, -0.25) is 0 Å². The third-order valence-electron chi connectivity index (χ3n) is 1.52. The third kappa shape index (κ3) is 2.83. The van der Waals surface area contributed by atoms with Gasteiger partial charge in [-0.1, -0.05) is 6.07 Å². The molecule has 4 heteroatoms. The molecule has 1 N–H and O–H groups in total. The lowest BCUT2D eigenvalue weighted by Crippen LogP contribution is -2.01. The van der Waals surface area contributed by atoms with Crippen LogP contribution in [-0.2, 0) is 11.3 Å². The summed E-state index contributed by atoms with van der Waals surface area (Å²) in [4.78, 5) is 14.2. The van der Waals surface area contributed by atoms with Crippen LogP contribution in [0.4, 0.5) is 0 Å². The van der Waals surface area contributed by atoms with Crippen LogP contribution >= 0.6 is 0 Å². The molecular formula is C9H11NO3.